The van der Waals surface area contributed by atoms with E-state index in [1.54, 1.807) is 12.1 Å². The molecule has 0 aromatic carbocycles. The number of nitrogens with zero attached hydrogens (tertiary/aromatic N) is 3. The van der Waals surface area contributed by atoms with Crippen LogP contribution in [0.1, 0.15) is 23.7 Å². The Morgan fingerprint density at radius 3 is 2.95 bits per heavy atom. The highest BCUT2D eigenvalue weighted by atomic mass is 35.5. The molecule has 0 radical (unpaired) electrons. The van der Waals surface area contributed by atoms with E-state index in [1.165, 1.54) is 0 Å². The zero-order chi connectivity index (χ0) is 14.7. The summed E-state index contributed by atoms with van der Waals surface area (Å²) in [6, 6.07) is 3.36. The number of nitrogens with two attached hydrogens (primary N) is 1. The van der Waals surface area contributed by atoms with Gasteiger partial charge in [0, 0.05) is 24.7 Å². The van der Waals surface area contributed by atoms with Crippen molar-refractivity contribution >= 4 is 23.3 Å². The number of rotatable bonds is 2. The minimum absolute atomic E-state index is 0.0337. The topological polar surface area (TPSA) is 74.5 Å². The van der Waals surface area contributed by atoms with Crippen molar-refractivity contribution in [3.63, 3.8) is 0 Å². The number of likely N-dealkylation sites (N-methyl/N-ethyl adjacent to an activating group) is 1. The lowest BCUT2D eigenvalue weighted by atomic mass is 10.2. The van der Waals surface area contributed by atoms with Crippen LogP contribution in [0.2, 0.25) is 5.15 Å². The van der Waals surface area contributed by atoms with Gasteiger partial charge in [0.1, 0.15) is 11.0 Å². The fourth-order valence-corrected chi connectivity index (χ4v) is 2.74. The van der Waals surface area contributed by atoms with Gasteiger partial charge in [0.25, 0.3) is 5.91 Å². The van der Waals surface area contributed by atoms with Gasteiger partial charge in [-0.1, -0.05) is 11.6 Å². The van der Waals surface area contributed by atoms with Crippen LogP contribution in [0.5, 0.6) is 0 Å². The molecule has 7 heteroatoms. The van der Waals surface area contributed by atoms with E-state index in [2.05, 4.69) is 29.3 Å². The fourth-order valence-electron chi connectivity index (χ4n) is 2.53. The van der Waals surface area contributed by atoms with Crippen molar-refractivity contribution in [3.05, 3.63) is 22.8 Å². The second-order valence-corrected chi connectivity index (χ2v) is 5.56. The molecule has 1 fully saturated rings. The monoisotopic (exact) mass is 297 g/mol. The highest BCUT2D eigenvalue weighted by molar-refractivity contribution is 6.29. The van der Waals surface area contributed by atoms with Crippen molar-refractivity contribution < 1.29 is 4.79 Å². The maximum absolute atomic E-state index is 12.6. The standard InChI is InChI=1S/C13H20ClN5O/c1-9-8-18(2)4-3-5-19(9)13(20)10-6-11(14)16-12(7-10)17-15/h6-7,9H,3-5,8,15H2,1-2H3,(H,16,17). The van der Waals surface area contributed by atoms with Crippen molar-refractivity contribution in [1.29, 1.82) is 0 Å². The van der Waals surface area contributed by atoms with Crippen LogP contribution in [-0.4, -0.2) is 53.4 Å². The molecule has 1 aliphatic rings. The number of pyridine rings is 1. The summed E-state index contributed by atoms with van der Waals surface area (Å²) >= 11 is 5.92. The van der Waals surface area contributed by atoms with Crippen molar-refractivity contribution in [1.82, 2.24) is 14.8 Å². The Morgan fingerprint density at radius 1 is 1.50 bits per heavy atom. The normalized spacial score (nSPS) is 20.6. The summed E-state index contributed by atoms with van der Waals surface area (Å²) < 4.78 is 0. The zero-order valence-corrected chi connectivity index (χ0v) is 12.5. The maximum Gasteiger partial charge on any atom is 0.254 e. The predicted octanol–water partition coefficient (Wildman–Crippen LogP) is 1.19. The van der Waals surface area contributed by atoms with E-state index in [0.29, 0.717) is 11.4 Å². The van der Waals surface area contributed by atoms with Crippen molar-refractivity contribution in [3.8, 4) is 0 Å². The first kappa shape index (κ1) is 15.0. The zero-order valence-electron chi connectivity index (χ0n) is 11.8. The molecule has 1 unspecified atom stereocenters. The number of halogens is 1. The number of nitrogen functional groups attached to an aromatic ring is 1. The third kappa shape index (κ3) is 3.39. The van der Waals surface area contributed by atoms with Crippen LogP contribution in [0.15, 0.2) is 12.1 Å². The fraction of sp³-hybridized carbons (Fsp3) is 0.538. The van der Waals surface area contributed by atoms with E-state index in [-0.39, 0.29) is 17.1 Å². The summed E-state index contributed by atoms with van der Waals surface area (Å²) in [6.45, 7) is 4.67. The van der Waals surface area contributed by atoms with Gasteiger partial charge in [-0.25, -0.2) is 10.8 Å². The van der Waals surface area contributed by atoms with Crippen molar-refractivity contribution in [2.45, 2.75) is 19.4 Å². The van der Waals surface area contributed by atoms with Crippen LogP contribution in [0, 0.1) is 0 Å². The summed E-state index contributed by atoms with van der Waals surface area (Å²) in [5.74, 6) is 5.69. The van der Waals surface area contributed by atoms with Crippen LogP contribution in [0.3, 0.4) is 0 Å². The molecule has 2 heterocycles. The Balaban J connectivity index is 2.23. The lowest BCUT2D eigenvalue weighted by Crippen LogP contribution is -2.42. The molecule has 1 atom stereocenters. The van der Waals surface area contributed by atoms with Gasteiger partial charge in [-0.15, -0.1) is 0 Å². The van der Waals surface area contributed by atoms with Crippen LogP contribution in [0.25, 0.3) is 0 Å². The number of carbonyl (C=O) groups is 1. The smallest absolute Gasteiger partial charge is 0.254 e. The van der Waals surface area contributed by atoms with Gasteiger partial charge < -0.3 is 15.2 Å². The quantitative estimate of drug-likeness (QED) is 0.487. The van der Waals surface area contributed by atoms with Gasteiger partial charge in [-0.3, -0.25) is 4.79 Å². The summed E-state index contributed by atoms with van der Waals surface area (Å²) in [6.07, 6.45) is 0.966. The van der Waals surface area contributed by atoms with E-state index in [4.69, 9.17) is 17.4 Å². The lowest BCUT2D eigenvalue weighted by Gasteiger charge is -2.28. The second kappa shape index (κ2) is 6.39. The molecule has 6 nitrogen and oxygen atoms in total. The summed E-state index contributed by atoms with van der Waals surface area (Å²) in [5, 5.41) is 0.253. The minimum Gasteiger partial charge on any atom is -0.335 e. The highest BCUT2D eigenvalue weighted by Gasteiger charge is 2.25. The summed E-state index contributed by atoms with van der Waals surface area (Å²) in [5.41, 5.74) is 2.93. The van der Waals surface area contributed by atoms with Crippen LogP contribution >= 0.6 is 11.6 Å². The number of amides is 1. The van der Waals surface area contributed by atoms with E-state index in [9.17, 15) is 4.79 Å². The molecule has 1 aliphatic heterocycles. The molecule has 0 aliphatic carbocycles. The molecule has 2 rings (SSSR count). The number of hydrazine groups is 1. The Bertz CT molecular complexity index is 496. The van der Waals surface area contributed by atoms with E-state index >= 15 is 0 Å². The Kier molecular flexibility index (Phi) is 4.80. The summed E-state index contributed by atoms with van der Waals surface area (Å²) in [7, 11) is 2.07. The third-order valence-electron chi connectivity index (χ3n) is 3.50. The van der Waals surface area contributed by atoms with E-state index in [1.807, 2.05) is 4.90 Å². The number of anilines is 1. The van der Waals surface area contributed by atoms with Gasteiger partial charge in [0.15, 0.2) is 0 Å². The minimum atomic E-state index is -0.0337. The van der Waals surface area contributed by atoms with Gasteiger partial charge >= 0.3 is 0 Å². The molecule has 1 aromatic rings. The van der Waals surface area contributed by atoms with Gasteiger partial charge in [0.05, 0.1) is 0 Å². The highest BCUT2D eigenvalue weighted by Crippen LogP contribution is 2.18. The first-order valence-electron chi connectivity index (χ1n) is 6.65. The van der Waals surface area contributed by atoms with Gasteiger partial charge in [-0.05, 0) is 39.1 Å². The first-order chi connectivity index (χ1) is 9.51. The first-order valence-corrected chi connectivity index (χ1v) is 7.02. The second-order valence-electron chi connectivity index (χ2n) is 5.17. The van der Waals surface area contributed by atoms with Crippen LogP contribution in [0.4, 0.5) is 5.82 Å². The molecule has 1 aromatic heterocycles. The van der Waals surface area contributed by atoms with E-state index < -0.39 is 0 Å². The average Bonchev–Trinajstić information content (AvgIpc) is 2.57. The van der Waals surface area contributed by atoms with Crippen LogP contribution in [-0.2, 0) is 0 Å². The Labute approximate surface area is 123 Å². The molecular weight excluding hydrogens is 278 g/mol. The average molecular weight is 298 g/mol. The number of hydrogen-bond acceptors (Lipinski definition) is 5. The Morgan fingerprint density at radius 2 is 2.25 bits per heavy atom. The molecule has 1 saturated heterocycles. The number of carbonyl (C=O) groups excluding carboxylic acids is 1. The molecule has 3 N–H and O–H groups in total. The lowest BCUT2D eigenvalue weighted by molar-refractivity contribution is 0.0696. The third-order valence-corrected chi connectivity index (χ3v) is 3.69. The number of hydrogen-bond donors (Lipinski definition) is 2. The number of nitrogens with one attached hydrogen (secondary N) is 1. The summed E-state index contributed by atoms with van der Waals surface area (Å²) in [4.78, 5) is 20.7. The number of aromatic nitrogens is 1. The molecule has 0 saturated carbocycles. The molecule has 0 spiro atoms. The van der Waals surface area contributed by atoms with Crippen molar-refractivity contribution in [2.24, 2.45) is 5.84 Å². The van der Waals surface area contributed by atoms with Gasteiger partial charge in [0.2, 0.25) is 0 Å². The van der Waals surface area contributed by atoms with Crippen molar-refractivity contribution in [2.75, 3.05) is 32.1 Å². The van der Waals surface area contributed by atoms with Crippen LogP contribution < -0.4 is 11.3 Å². The molecule has 0 bridgehead atoms. The molecular formula is C13H20ClN5O. The SMILES string of the molecule is CC1CN(C)CCCN1C(=O)c1cc(Cl)nc(NN)c1. The maximum atomic E-state index is 12.6. The predicted molar refractivity (Wildman–Crippen MR) is 79.7 cm³/mol. The molecule has 20 heavy (non-hydrogen) atoms. The largest absolute Gasteiger partial charge is 0.335 e. The Hall–Kier alpha value is -1.37. The van der Waals surface area contributed by atoms with E-state index in [0.717, 1.165) is 26.1 Å². The molecule has 1 amide bonds. The molecule has 110 valence electrons. The van der Waals surface area contributed by atoms with Gasteiger partial charge in [-0.2, -0.15) is 0 Å².